The summed E-state index contributed by atoms with van der Waals surface area (Å²) in [7, 11) is -3.96. The molecular weight excluding hydrogens is 536 g/mol. The minimum Gasteiger partial charge on any atom is -0.390 e. The first-order chi connectivity index (χ1) is 18.4. The van der Waals surface area contributed by atoms with Gasteiger partial charge in [-0.1, -0.05) is 58.0 Å². The first-order valence-electron chi connectivity index (χ1n) is 13.0. The predicted octanol–water partition coefficient (Wildman–Crippen LogP) is 3.19. The Hall–Kier alpha value is -2.86. The van der Waals surface area contributed by atoms with Crippen molar-refractivity contribution in [2.24, 2.45) is 11.8 Å². The third-order valence-corrected chi connectivity index (χ3v) is 8.92. The van der Waals surface area contributed by atoms with Crippen molar-refractivity contribution in [3.8, 4) is 0 Å². The zero-order valence-electron chi connectivity index (χ0n) is 23.0. The number of rotatable bonds is 13. The molecule has 3 rings (SSSR count). The highest BCUT2D eigenvalue weighted by Gasteiger charge is 2.33. The SMILES string of the molecule is CC(=O)N[C@H](C(=O)N[C@@H](Cc1ccccc1)[C@H](O)CN(CC(C)C)S(=O)(=O)c1ccc2ncsc2c1)C(C)C. The van der Waals surface area contributed by atoms with Crippen LogP contribution in [0.4, 0.5) is 0 Å². The highest BCUT2D eigenvalue weighted by atomic mass is 32.2. The molecule has 1 aromatic heterocycles. The van der Waals surface area contributed by atoms with Crippen molar-refractivity contribution in [2.75, 3.05) is 13.1 Å². The van der Waals surface area contributed by atoms with Gasteiger partial charge in [0.25, 0.3) is 0 Å². The Morgan fingerprint density at radius 2 is 1.72 bits per heavy atom. The van der Waals surface area contributed by atoms with Gasteiger partial charge in [0, 0.05) is 20.0 Å². The molecule has 11 heteroatoms. The number of hydrogen-bond donors (Lipinski definition) is 3. The summed E-state index contributed by atoms with van der Waals surface area (Å²) >= 11 is 1.36. The summed E-state index contributed by atoms with van der Waals surface area (Å²) in [4.78, 5) is 29.3. The van der Waals surface area contributed by atoms with Crippen LogP contribution in [-0.4, -0.2) is 65.9 Å². The fourth-order valence-corrected chi connectivity index (χ4v) is 6.78. The molecule has 0 saturated carbocycles. The van der Waals surface area contributed by atoms with Gasteiger partial charge in [0.15, 0.2) is 0 Å². The van der Waals surface area contributed by atoms with Crippen LogP contribution in [0.3, 0.4) is 0 Å². The zero-order chi connectivity index (χ0) is 28.7. The van der Waals surface area contributed by atoms with Crippen molar-refractivity contribution >= 4 is 43.4 Å². The van der Waals surface area contributed by atoms with Crippen molar-refractivity contribution in [2.45, 2.75) is 64.1 Å². The van der Waals surface area contributed by atoms with Crippen LogP contribution in [0.1, 0.15) is 40.2 Å². The van der Waals surface area contributed by atoms with Gasteiger partial charge in [-0.2, -0.15) is 4.31 Å². The number of sulfonamides is 1. The Morgan fingerprint density at radius 1 is 1.03 bits per heavy atom. The number of amides is 2. The van der Waals surface area contributed by atoms with E-state index in [1.54, 1.807) is 17.6 Å². The average Bonchev–Trinajstić information content (AvgIpc) is 3.34. The molecule has 3 N–H and O–H groups in total. The van der Waals surface area contributed by atoms with Gasteiger partial charge in [0.05, 0.1) is 32.8 Å². The molecule has 2 aromatic carbocycles. The Labute approximate surface area is 234 Å². The summed E-state index contributed by atoms with van der Waals surface area (Å²) < 4.78 is 29.5. The van der Waals surface area contributed by atoms with E-state index in [2.05, 4.69) is 15.6 Å². The van der Waals surface area contributed by atoms with E-state index in [1.807, 2.05) is 58.0 Å². The third-order valence-electron chi connectivity index (χ3n) is 6.30. The van der Waals surface area contributed by atoms with Gasteiger partial charge >= 0.3 is 0 Å². The number of carbonyl (C=O) groups excluding carboxylic acids is 2. The molecule has 212 valence electrons. The average molecular weight is 575 g/mol. The third kappa shape index (κ3) is 8.31. The van der Waals surface area contributed by atoms with Crippen molar-refractivity contribution in [1.29, 1.82) is 0 Å². The number of fused-ring (bicyclic) bond motifs is 1. The first kappa shape index (κ1) is 30.7. The summed E-state index contributed by atoms with van der Waals surface area (Å²) in [5.41, 5.74) is 3.26. The van der Waals surface area contributed by atoms with Gasteiger partial charge in [0.1, 0.15) is 6.04 Å². The fourth-order valence-electron chi connectivity index (χ4n) is 4.34. The van der Waals surface area contributed by atoms with Gasteiger partial charge < -0.3 is 15.7 Å². The molecule has 0 spiro atoms. The maximum absolute atomic E-state index is 13.8. The molecule has 39 heavy (non-hydrogen) atoms. The van der Waals surface area contributed by atoms with E-state index in [0.717, 1.165) is 15.8 Å². The van der Waals surface area contributed by atoms with Crippen molar-refractivity contribution in [3.63, 3.8) is 0 Å². The van der Waals surface area contributed by atoms with Gasteiger partial charge in [-0.15, -0.1) is 11.3 Å². The highest BCUT2D eigenvalue weighted by Crippen LogP contribution is 2.25. The predicted molar refractivity (Wildman–Crippen MR) is 154 cm³/mol. The lowest BCUT2D eigenvalue weighted by molar-refractivity contribution is -0.130. The smallest absolute Gasteiger partial charge is 0.243 e. The summed E-state index contributed by atoms with van der Waals surface area (Å²) in [6.45, 7) is 8.77. The second kappa shape index (κ2) is 13.5. The lowest BCUT2D eigenvalue weighted by Crippen LogP contribution is -2.56. The van der Waals surface area contributed by atoms with Gasteiger partial charge in [0.2, 0.25) is 21.8 Å². The molecule has 0 aliphatic rings. The van der Waals surface area contributed by atoms with E-state index in [9.17, 15) is 23.1 Å². The number of hydrogen-bond acceptors (Lipinski definition) is 7. The second-order valence-electron chi connectivity index (χ2n) is 10.5. The lowest BCUT2D eigenvalue weighted by atomic mass is 9.98. The molecule has 2 amide bonds. The largest absolute Gasteiger partial charge is 0.390 e. The van der Waals surface area contributed by atoms with E-state index in [-0.39, 0.29) is 42.1 Å². The zero-order valence-corrected chi connectivity index (χ0v) is 24.6. The normalized spacial score (nSPS) is 14.5. The Morgan fingerprint density at radius 3 is 2.33 bits per heavy atom. The van der Waals surface area contributed by atoms with Crippen LogP contribution in [0.15, 0.2) is 58.9 Å². The second-order valence-corrected chi connectivity index (χ2v) is 13.3. The van der Waals surface area contributed by atoms with E-state index < -0.39 is 34.1 Å². The van der Waals surface area contributed by atoms with E-state index in [4.69, 9.17) is 0 Å². The van der Waals surface area contributed by atoms with E-state index in [1.165, 1.54) is 28.6 Å². The number of benzene rings is 2. The number of aliphatic hydroxyl groups is 1. The maximum atomic E-state index is 13.8. The van der Waals surface area contributed by atoms with E-state index in [0.29, 0.717) is 0 Å². The first-order valence-corrected chi connectivity index (χ1v) is 15.3. The number of aliphatic hydroxyl groups excluding tert-OH is 1. The van der Waals surface area contributed by atoms with Crippen LogP contribution in [0, 0.1) is 11.8 Å². The van der Waals surface area contributed by atoms with E-state index >= 15 is 0 Å². The van der Waals surface area contributed by atoms with Crippen LogP contribution < -0.4 is 10.6 Å². The molecule has 0 bridgehead atoms. The minimum atomic E-state index is -3.96. The van der Waals surface area contributed by atoms with Crippen molar-refractivity contribution in [3.05, 3.63) is 59.6 Å². The quantitative estimate of drug-likeness (QED) is 0.288. The molecule has 0 fully saturated rings. The highest BCUT2D eigenvalue weighted by molar-refractivity contribution is 7.89. The van der Waals surface area contributed by atoms with Gasteiger partial charge in [-0.3, -0.25) is 9.59 Å². The molecule has 0 unspecified atom stereocenters. The molecule has 3 atom stereocenters. The maximum Gasteiger partial charge on any atom is 0.243 e. The van der Waals surface area contributed by atoms with Gasteiger partial charge in [-0.05, 0) is 42.0 Å². The number of carbonyl (C=O) groups is 2. The Balaban J connectivity index is 1.90. The fraction of sp³-hybridized carbons (Fsp3) is 0.464. The minimum absolute atomic E-state index is 0.00800. The summed E-state index contributed by atoms with van der Waals surface area (Å²) in [5.74, 6) is -0.973. The molecule has 1 heterocycles. The molecule has 0 aliphatic carbocycles. The van der Waals surface area contributed by atoms with Crippen LogP contribution in [0.2, 0.25) is 0 Å². The molecular formula is C28H38N4O5S2. The molecule has 3 aromatic rings. The number of nitrogens with one attached hydrogen (secondary N) is 2. The van der Waals surface area contributed by atoms with Crippen LogP contribution in [0.25, 0.3) is 10.2 Å². The molecule has 0 aliphatic heterocycles. The summed E-state index contributed by atoms with van der Waals surface area (Å²) in [6.07, 6.45) is -0.943. The van der Waals surface area contributed by atoms with Crippen LogP contribution in [-0.2, 0) is 26.0 Å². The number of nitrogens with zero attached hydrogens (tertiary/aromatic N) is 2. The van der Waals surface area contributed by atoms with Gasteiger partial charge in [-0.25, -0.2) is 13.4 Å². The lowest BCUT2D eigenvalue weighted by Gasteiger charge is -2.32. The standard InChI is InChI=1S/C28H38N4O5S2/c1-18(2)15-32(39(36,37)22-11-12-23-26(14-22)38-17-29-23)16-25(34)24(13-21-9-7-6-8-10-21)31-28(35)27(19(3)4)30-20(5)33/h6-12,14,17-19,24-25,27,34H,13,15-16H2,1-5H3,(H,30,33)(H,31,35)/t24-,25+,27-/m0/s1. The van der Waals surface area contributed by atoms with Crippen molar-refractivity contribution in [1.82, 2.24) is 19.9 Å². The monoisotopic (exact) mass is 574 g/mol. The molecule has 0 radical (unpaired) electrons. The Kier molecular flexibility index (Phi) is 10.6. The summed E-state index contributed by atoms with van der Waals surface area (Å²) in [5, 5.41) is 17.0. The molecule has 9 nitrogen and oxygen atoms in total. The molecule has 0 saturated heterocycles. The summed E-state index contributed by atoms with van der Waals surface area (Å²) in [6, 6.07) is 12.6. The number of aromatic nitrogens is 1. The van der Waals surface area contributed by atoms with Crippen molar-refractivity contribution < 1.29 is 23.1 Å². The van der Waals surface area contributed by atoms with Crippen LogP contribution >= 0.6 is 11.3 Å². The van der Waals surface area contributed by atoms with Crippen LogP contribution in [0.5, 0.6) is 0 Å². The topological polar surface area (TPSA) is 129 Å². The number of thiazole rings is 1. The Bertz CT molecular complexity index is 1360.